The second-order valence-electron chi connectivity index (χ2n) is 10.6. The van der Waals surface area contributed by atoms with Crippen LogP contribution >= 0.6 is 0 Å². The third-order valence-electron chi connectivity index (χ3n) is 4.68. The Hall–Kier alpha value is -3.75. The van der Waals surface area contributed by atoms with Crippen LogP contribution in [0, 0.1) is 0 Å². The molecule has 0 heterocycles. The molecule has 0 saturated heterocycles. The van der Waals surface area contributed by atoms with Crippen molar-refractivity contribution in [1.82, 2.24) is 16.0 Å². The zero-order chi connectivity index (χ0) is 27.5. The number of rotatable bonds is 9. The topological polar surface area (TPSA) is 115 Å². The van der Waals surface area contributed by atoms with E-state index in [-0.39, 0.29) is 19.7 Å². The van der Waals surface area contributed by atoms with Crippen LogP contribution in [0.3, 0.4) is 0 Å². The van der Waals surface area contributed by atoms with Gasteiger partial charge in [-0.15, -0.1) is 0 Å². The SMILES string of the molecule is CC(C)(C)OC(=O)NCc1cc(CCNC(=O)OCc2ccccc2)cc(CNC(=O)OC(C)(C)C)c1. The summed E-state index contributed by atoms with van der Waals surface area (Å²) in [5, 5.41) is 8.25. The van der Waals surface area contributed by atoms with Crippen molar-refractivity contribution in [1.29, 1.82) is 0 Å². The Kier molecular flexibility index (Phi) is 10.8. The zero-order valence-electron chi connectivity index (χ0n) is 22.6. The van der Waals surface area contributed by atoms with Crippen molar-refractivity contribution in [3.63, 3.8) is 0 Å². The van der Waals surface area contributed by atoms with Gasteiger partial charge in [0.05, 0.1) is 0 Å². The summed E-state index contributed by atoms with van der Waals surface area (Å²) >= 11 is 0. The monoisotopic (exact) mass is 513 g/mol. The molecule has 0 aromatic heterocycles. The summed E-state index contributed by atoms with van der Waals surface area (Å²) in [5.74, 6) is 0. The molecule has 0 unspecified atom stereocenters. The Bertz CT molecular complexity index is 992. The maximum absolute atomic E-state index is 12.1. The number of hydrogen-bond acceptors (Lipinski definition) is 6. The standard InChI is InChI=1S/C28H39N3O6/c1-27(2,3)36-25(33)30-17-22-14-21(15-23(16-22)18-31-26(34)37-28(4,5)6)12-13-29-24(32)35-19-20-10-8-7-9-11-20/h7-11,14-16H,12-13,17-19H2,1-6H3,(H,29,32)(H,30,33)(H,31,34). The van der Waals surface area contributed by atoms with E-state index in [1.54, 1.807) is 41.5 Å². The molecule has 3 N–H and O–H groups in total. The molecule has 9 nitrogen and oxygen atoms in total. The molecular formula is C28H39N3O6. The molecule has 202 valence electrons. The first kappa shape index (κ1) is 29.5. The quantitative estimate of drug-likeness (QED) is 0.397. The summed E-state index contributed by atoms with van der Waals surface area (Å²) < 4.78 is 15.9. The molecule has 0 aliphatic carbocycles. The van der Waals surface area contributed by atoms with E-state index < -0.39 is 29.5 Å². The fraction of sp³-hybridized carbons (Fsp3) is 0.464. The van der Waals surface area contributed by atoms with Gasteiger partial charge in [-0.05, 0) is 70.2 Å². The average molecular weight is 514 g/mol. The molecule has 37 heavy (non-hydrogen) atoms. The Morgan fingerprint density at radius 2 is 1.14 bits per heavy atom. The summed E-state index contributed by atoms with van der Waals surface area (Å²) in [4.78, 5) is 36.3. The highest BCUT2D eigenvalue weighted by molar-refractivity contribution is 5.68. The zero-order valence-corrected chi connectivity index (χ0v) is 22.6. The van der Waals surface area contributed by atoms with Gasteiger partial charge in [-0.1, -0.05) is 48.5 Å². The fourth-order valence-corrected chi connectivity index (χ4v) is 3.25. The number of carbonyl (C=O) groups is 3. The summed E-state index contributed by atoms with van der Waals surface area (Å²) in [6, 6.07) is 15.2. The van der Waals surface area contributed by atoms with Gasteiger partial charge in [-0.2, -0.15) is 0 Å². The lowest BCUT2D eigenvalue weighted by atomic mass is 10.0. The fourth-order valence-electron chi connectivity index (χ4n) is 3.25. The normalized spacial score (nSPS) is 11.3. The summed E-state index contributed by atoms with van der Waals surface area (Å²) in [7, 11) is 0. The lowest BCUT2D eigenvalue weighted by Crippen LogP contribution is -2.32. The number of alkyl carbamates (subject to hydrolysis) is 3. The molecule has 9 heteroatoms. The van der Waals surface area contributed by atoms with Gasteiger partial charge >= 0.3 is 18.3 Å². The van der Waals surface area contributed by atoms with E-state index in [2.05, 4.69) is 16.0 Å². The van der Waals surface area contributed by atoms with Gasteiger partial charge in [0.1, 0.15) is 17.8 Å². The van der Waals surface area contributed by atoms with Crippen LogP contribution in [0.1, 0.15) is 63.8 Å². The van der Waals surface area contributed by atoms with Gasteiger partial charge in [0, 0.05) is 19.6 Å². The number of hydrogen-bond donors (Lipinski definition) is 3. The van der Waals surface area contributed by atoms with Crippen LogP contribution < -0.4 is 16.0 Å². The minimum atomic E-state index is -0.602. The molecule has 0 atom stereocenters. The molecule has 2 aromatic rings. The van der Waals surface area contributed by atoms with E-state index in [1.165, 1.54) is 0 Å². The van der Waals surface area contributed by atoms with Gasteiger partial charge in [-0.3, -0.25) is 0 Å². The second-order valence-corrected chi connectivity index (χ2v) is 10.6. The number of nitrogens with one attached hydrogen (secondary N) is 3. The molecule has 2 aromatic carbocycles. The Morgan fingerprint density at radius 3 is 1.62 bits per heavy atom. The molecule has 0 spiro atoms. The molecule has 0 saturated carbocycles. The van der Waals surface area contributed by atoms with Crippen molar-refractivity contribution in [3.05, 3.63) is 70.8 Å². The average Bonchev–Trinajstić information content (AvgIpc) is 2.79. The van der Waals surface area contributed by atoms with Crippen molar-refractivity contribution in [3.8, 4) is 0 Å². The highest BCUT2D eigenvalue weighted by Gasteiger charge is 2.17. The predicted octanol–water partition coefficient (Wildman–Crippen LogP) is 5.20. The van der Waals surface area contributed by atoms with E-state index in [0.717, 1.165) is 22.3 Å². The smallest absolute Gasteiger partial charge is 0.407 e. The molecule has 0 radical (unpaired) electrons. The van der Waals surface area contributed by atoms with Crippen LogP contribution in [0.15, 0.2) is 48.5 Å². The number of benzene rings is 2. The van der Waals surface area contributed by atoms with E-state index in [0.29, 0.717) is 13.0 Å². The van der Waals surface area contributed by atoms with Crippen molar-refractivity contribution in [2.24, 2.45) is 0 Å². The Balaban J connectivity index is 1.98. The van der Waals surface area contributed by atoms with Crippen LogP contribution in [0.5, 0.6) is 0 Å². The highest BCUT2D eigenvalue weighted by atomic mass is 16.6. The molecule has 0 aliphatic heterocycles. The van der Waals surface area contributed by atoms with Gasteiger partial charge < -0.3 is 30.2 Å². The van der Waals surface area contributed by atoms with Crippen molar-refractivity contribution in [2.45, 2.75) is 78.9 Å². The summed E-state index contributed by atoms with van der Waals surface area (Å²) in [6.45, 7) is 11.8. The third kappa shape index (κ3) is 13.2. The lowest BCUT2D eigenvalue weighted by molar-refractivity contribution is 0.0513. The second kappa shape index (κ2) is 13.5. The molecule has 0 aliphatic rings. The first-order valence-corrected chi connectivity index (χ1v) is 12.3. The van der Waals surface area contributed by atoms with Gasteiger partial charge in [0.2, 0.25) is 0 Å². The summed E-state index contributed by atoms with van der Waals surface area (Å²) in [6.07, 6.45) is -1.01. The van der Waals surface area contributed by atoms with Crippen LogP contribution in [0.4, 0.5) is 14.4 Å². The molecule has 0 bridgehead atoms. The summed E-state index contributed by atoms with van der Waals surface area (Å²) in [5.41, 5.74) is 2.29. The molecule has 0 fully saturated rings. The van der Waals surface area contributed by atoms with Crippen LogP contribution in [-0.4, -0.2) is 36.0 Å². The van der Waals surface area contributed by atoms with Crippen molar-refractivity contribution < 1.29 is 28.6 Å². The maximum atomic E-state index is 12.1. The van der Waals surface area contributed by atoms with Crippen LogP contribution in [-0.2, 0) is 40.3 Å². The third-order valence-corrected chi connectivity index (χ3v) is 4.68. The van der Waals surface area contributed by atoms with Gasteiger partial charge in [0.25, 0.3) is 0 Å². The number of ether oxygens (including phenoxy) is 3. The first-order chi connectivity index (χ1) is 17.3. The van der Waals surface area contributed by atoms with Crippen molar-refractivity contribution >= 4 is 18.3 Å². The predicted molar refractivity (Wildman–Crippen MR) is 141 cm³/mol. The minimum Gasteiger partial charge on any atom is -0.445 e. The van der Waals surface area contributed by atoms with Crippen LogP contribution in [0.25, 0.3) is 0 Å². The van der Waals surface area contributed by atoms with E-state index >= 15 is 0 Å². The van der Waals surface area contributed by atoms with Gasteiger partial charge in [0.15, 0.2) is 0 Å². The number of carbonyl (C=O) groups excluding carboxylic acids is 3. The molecule has 2 rings (SSSR count). The Labute approximate surface area is 219 Å². The van der Waals surface area contributed by atoms with E-state index in [4.69, 9.17) is 14.2 Å². The van der Waals surface area contributed by atoms with Crippen molar-refractivity contribution in [2.75, 3.05) is 6.54 Å². The first-order valence-electron chi connectivity index (χ1n) is 12.3. The van der Waals surface area contributed by atoms with Gasteiger partial charge in [-0.25, -0.2) is 14.4 Å². The van der Waals surface area contributed by atoms with Crippen LogP contribution in [0.2, 0.25) is 0 Å². The molecule has 3 amide bonds. The number of amides is 3. The molecular weight excluding hydrogens is 474 g/mol. The maximum Gasteiger partial charge on any atom is 0.407 e. The largest absolute Gasteiger partial charge is 0.445 e. The minimum absolute atomic E-state index is 0.193. The van der Waals surface area contributed by atoms with E-state index in [1.807, 2.05) is 48.5 Å². The highest BCUT2D eigenvalue weighted by Crippen LogP contribution is 2.14. The van der Waals surface area contributed by atoms with E-state index in [9.17, 15) is 14.4 Å². The Morgan fingerprint density at radius 1 is 0.649 bits per heavy atom. The lowest BCUT2D eigenvalue weighted by Gasteiger charge is -2.20.